The number of cyclic esters (lactones) is 2. The van der Waals surface area contributed by atoms with Gasteiger partial charge in [0.1, 0.15) is 13.2 Å². The van der Waals surface area contributed by atoms with Crippen molar-refractivity contribution in [2.24, 2.45) is 5.92 Å². The molecule has 124 valence electrons. The molecule has 0 saturated carbocycles. The van der Waals surface area contributed by atoms with Gasteiger partial charge < -0.3 is 18.9 Å². The van der Waals surface area contributed by atoms with Gasteiger partial charge in [0.25, 0.3) is 0 Å². The van der Waals surface area contributed by atoms with Crippen LogP contribution in [0.15, 0.2) is 24.3 Å². The molecule has 6 nitrogen and oxygen atoms in total. The quantitative estimate of drug-likeness (QED) is 0.633. The highest BCUT2D eigenvalue weighted by Gasteiger charge is 2.02. The molecule has 1 unspecified atom stereocenters. The molecule has 1 aliphatic heterocycles. The Balaban J connectivity index is 2.41. The Morgan fingerprint density at radius 2 is 1.41 bits per heavy atom. The van der Waals surface area contributed by atoms with Gasteiger partial charge in [-0.1, -0.05) is 19.1 Å². The Bertz CT molecular complexity index is 388. The van der Waals surface area contributed by atoms with E-state index in [4.69, 9.17) is 18.9 Å². The highest BCUT2D eigenvalue weighted by molar-refractivity contribution is 5.82. The summed E-state index contributed by atoms with van der Waals surface area (Å²) < 4.78 is 20.5. The summed E-state index contributed by atoms with van der Waals surface area (Å²) in [7, 11) is 0. The molecule has 1 aliphatic rings. The first-order valence-corrected chi connectivity index (χ1v) is 7.52. The number of carbonyl (C=O) groups excluding carboxylic acids is 2. The van der Waals surface area contributed by atoms with Crippen LogP contribution in [0.5, 0.6) is 0 Å². The molecule has 0 amide bonds. The van der Waals surface area contributed by atoms with Crippen LogP contribution in [0.4, 0.5) is 0 Å². The van der Waals surface area contributed by atoms with Gasteiger partial charge in [0.2, 0.25) is 0 Å². The van der Waals surface area contributed by atoms with Crippen LogP contribution in [-0.4, -0.2) is 51.6 Å². The van der Waals surface area contributed by atoms with Gasteiger partial charge in [-0.05, 0) is 18.8 Å². The summed E-state index contributed by atoms with van der Waals surface area (Å²) in [5.74, 6) is -0.520. The summed E-state index contributed by atoms with van der Waals surface area (Å²) in [4.78, 5) is 22.8. The highest BCUT2D eigenvalue weighted by atomic mass is 16.6. The summed E-state index contributed by atoms with van der Waals surface area (Å²) in [5.41, 5.74) is 0. The molecule has 1 heterocycles. The topological polar surface area (TPSA) is 71.1 Å². The van der Waals surface area contributed by atoms with E-state index in [-0.39, 0.29) is 31.1 Å². The average Bonchev–Trinajstić information content (AvgIpc) is 2.50. The zero-order valence-electron chi connectivity index (χ0n) is 13.0. The zero-order chi connectivity index (χ0) is 16.0. The molecule has 1 rings (SSSR count). The van der Waals surface area contributed by atoms with Gasteiger partial charge in [0, 0.05) is 12.2 Å². The van der Waals surface area contributed by atoms with Gasteiger partial charge in [-0.25, -0.2) is 9.59 Å². The minimum atomic E-state index is -0.372. The van der Waals surface area contributed by atoms with Crippen molar-refractivity contribution in [2.45, 2.75) is 19.8 Å². The lowest BCUT2D eigenvalue weighted by atomic mass is 10.1. The largest absolute Gasteiger partial charge is 0.460 e. The molecule has 0 saturated heterocycles. The van der Waals surface area contributed by atoms with Gasteiger partial charge in [0.15, 0.2) is 0 Å². The fourth-order valence-electron chi connectivity index (χ4n) is 1.70. The molecule has 0 radical (unpaired) electrons. The molecule has 1 atom stereocenters. The van der Waals surface area contributed by atoms with Crippen molar-refractivity contribution in [1.82, 2.24) is 0 Å². The highest BCUT2D eigenvalue weighted by Crippen LogP contribution is 2.08. The molecule has 0 spiro atoms. The molecular formula is C16H24O6. The van der Waals surface area contributed by atoms with E-state index in [9.17, 15) is 9.59 Å². The maximum absolute atomic E-state index is 11.4. The second-order valence-corrected chi connectivity index (χ2v) is 4.88. The third kappa shape index (κ3) is 10.1. The first kappa shape index (κ1) is 18.4. The zero-order valence-corrected chi connectivity index (χ0v) is 13.0. The minimum Gasteiger partial charge on any atom is -0.460 e. The van der Waals surface area contributed by atoms with Gasteiger partial charge in [-0.2, -0.15) is 0 Å². The molecule has 0 bridgehead atoms. The normalized spacial score (nSPS) is 23.8. The van der Waals surface area contributed by atoms with Crippen molar-refractivity contribution >= 4 is 11.9 Å². The lowest BCUT2D eigenvalue weighted by molar-refractivity contribution is -0.141. The van der Waals surface area contributed by atoms with E-state index in [2.05, 4.69) is 0 Å². The Kier molecular flexibility index (Phi) is 9.98. The minimum absolute atomic E-state index is 0.220. The number of rotatable bonds is 0. The van der Waals surface area contributed by atoms with E-state index in [1.807, 2.05) is 6.92 Å². The van der Waals surface area contributed by atoms with Crippen molar-refractivity contribution in [3.63, 3.8) is 0 Å². The summed E-state index contributed by atoms with van der Waals surface area (Å²) in [6.45, 7) is 3.91. The summed E-state index contributed by atoms with van der Waals surface area (Å²) >= 11 is 0. The number of hydrogen-bond acceptors (Lipinski definition) is 6. The second-order valence-electron chi connectivity index (χ2n) is 4.88. The first-order chi connectivity index (χ1) is 10.7. The number of allylic oxidation sites excluding steroid dienone is 2. The van der Waals surface area contributed by atoms with Crippen LogP contribution in [0, 0.1) is 5.92 Å². The number of ether oxygens (including phenoxy) is 4. The molecule has 0 aromatic heterocycles. The number of carbonyl (C=O) groups is 2. The smallest absolute Gasteiger partial charge is 0.330 e. The molecule has 0 aromatic carbocycles. The standard InChI is InChI=1S/C16H24O6/c1-14-4-2-3-5-15(17)21-12-10-19-8-9-20-11-13-22-16(18)7-6-14/h3,5-7,14H,2,4,8-13H2,1H3. The van der Waals surface area contributed by atoms with E-state index in [1.165, 1.54) is 12.2 Å². The van der Waals surface area contributed by atoms with Crippen LogP contribution in [0.25, 0.3) is 0 Å². The SMILES string of the molecule is CC1C=CC(=O)OCCOCCOCCOC(=O)C=CCC1. The Morgan fingerprint density at radius 1 is 0.864 bits per heavy atom. The third-order valence-corrected chi connectivity index (χ3v) is 2.92. The summed E-state index contributed by atoms with van der Waals surface area (Å²) in [6.07, 6.45) is 7.99. The molecule has 0 aromatic rings. The molecule has 0 fully saturated rings. The fraction of sp³-hybridized carbons (Fsp3) is 0.625. The lowest BCUT2D eigenvalue weighted by Crippen LogP contribution is -2.14. The maximum Gasteiger partial charge on any atom is 0.330 e. The Labute approximate surface area is 131 Å². The van der Waals surface area contributed by atoms with E-state index in [0.717, 1.165) is 12.8 Å². The van der Waals surface area contributed by atoms with Crippen molar-refractivity contribution in [3.8, 4) is 0 Å². The Morgan fingerprint density at radius 3 is 2.05 bits per heavy atom. The van der Waals surface area contributed by atoms with Crippen LogP contribution in [0.1, 0.15) is 19.8 Å². The summed E-state index contributed by atoms with van der Waals surface area (Å²) in [6, 6.07) is 0. The van der Waals surface area contributed by atoms with Gasteiger partial charge in [0.05, 0.1) is 26.4 Å². The van der Waals surface area contributed by atoms with Crippen LogP contribution in [0.2, 0.25) is 0 Å². The molecule has 0 N–H and O–H groups in total. The predicted molar refractivity (Wildman–Crippen MR) is 80.2 cm³/mol. The third-order valence-electron chi connectivity index (χ3n) is 2.92. The maximum atomic E-state index is 11.4. The fourth-order valence-corrected chi connectivity index (χ4v) is 1.70. The van der Waals surface area contributed by atoms with Crippen molar-refractivity contribution < 1.29 is 28.5 Å². The summed E-state index contributed by atoms with van der Waals surface area (Å²) in [5, 5.41) is 0. The average molecular weight is 312 g/mol. The second kappa shape index (κ2) is 11.9. The molecule has 6 heteroatoms. The Hall–Kier alpha value is -1.66. The lowest BCUT2D eigenvalue weighted by Gasteiger charge is -2.06. The monoisotopic (exact) mass is 312 g/mol. The predicted octanol–water partition coefficient (Wildman–Crippen LogP) is 1.65. The van der Waals surface area contributed by atoms with E-state index in [0.29, 0.717) is 26.4 Å². The molecule has 0 aliphatic carbocycles. The molecule has 22 heavy (non-hydrogen) atoms. The van der Waals surface area contributed by atoms with E-state index in [1.54, 1.807) is 12.2 Å². The van der Waals surface area contributed by atoms with Crippen LogP contribution >= 0.6 is 0 Å². The number of esters is 2. The van der Waals surface area contributed by atoms with E-state index >= 15 is 0 Å². The van der Waals surface area contributed by atoms with Crippen molar-refractivity contribution in [3.05, 3.63) is 24.3 Å². The van der Waals surface area contributed by atoms with Gasteiger partial charge >= 0.3 is 11.9 Å². The van der Waals surface area contributed by atoms with Crippen LogP contribution in [0.3, 0.4) is 0 Å². The van der Waals surface area contributed by atoms with Crippen LogP contribution < -0.4 is 0 Å². The van der Waals surface area contributed by atoms with Gasteiger partial charge in [-0.15, -0.1) is 0 Å². The van der Waals surface area contributed by atoms with E-state index < -0.39 is 0 Å². The van der Waals surface area contributed by atoms with Gasteiger partial charge in [-0.3, -0.25) is 0 Å². The number of hydrogen-bond donors (Lipinski definition) is 0. The van der Waals surface area contributed by atoms with Crippen molar-refractivity contribution in [1.29, 1.82) is 0 Å². The first-order valence-electron chi connectivity index (χ1n) is 7.52. The molecular weight excluding hydrogens is 288 g/mol. The van der Waals surface area contributed by atoms with Crippen LogP contribution in [-0.2, 0) is 28.5 Å². The van der Waals surface area contributed by atoms with Crippen molar-refractivity contribution in [2.75, 3.05) is 39.6 Å².